The van der Waals surface area contributed by atoms with Crippen molar-refractivity contribution in [2.45, 2.75) is 26.8 Å². The quantitative estimate of drug-likeness (QED) is 0.900. The summed E-state index contributed by atoms with van der Waals surface area (Å²) in [5.74, 6) is 0.749. The third-order valence-corrected chi connectivity index (χ3v) is 3.60. The average molecular weight is 262 g/mol. The van der Waals surface area contributed by atoms with Crippen LogP contribution in [0, 0.1) is 5.92 Å². The maximum Gasteiger partial charge on any atom is 0.0569 e. The fourth-order valence-electron chi connectivity index (χ4n) is 2.56. The molecule has 0 unspecified atom stereocenters. The van der Waals surface area contributed by atoms with Gasteiger partial charge in [0.05, 0.1) is 17.6 Å². The Morgan fingerprint density at radius 3 is 2.32 bits per heavy atom. The number of anilines is 1. The molecule has 0 radical (unpaired) electrons. The molecule has 1 aliphatic rings. The second-order valence-electron chi connectivity index (χ2n) is 5.91. The summed E-state index contributed by atoms with van der Waals surface area (Å²) < 4.78 is 0. The molecular weight excluding hydrogens is 236 g/mol. The van der Waals surface area contributed by atoms with E-state index in [2.05, 4.69) is 34.7 Å². The molecule has 4 nitrogen and oxygen atoms in total. The van der Waals surface area contributed by atoms with Gasteiger partial charge >= 0.3 is 0 Å². The second kappa shape index (κ2) is 6.35. The Morgan fingerprint density at radius 1 is 1.16 bits per heavy atom. The summed E-state index contributed by atoms with van der Waals surface area (Å²) in [4.78, 5) is 9.40. The van der Waals surface area contributed by atoms with Gasteiger partial charge in [-0.2, -0.15) is 0 Å². The molecule has 0 aromatic carbocycles. The first-order valence-electron chi connectivity index (χ1n) is 7.25. The zero-order valence-electron chi connectivity index (χ0n) is 12.3. The van der Waals surface area contributed by atoms with Crippen LogP contribution < -0.4 is 10.6 Å². The monoisotopic (exact) mass is 262 g/mol. The number of pyridine rings is 1. The van der Waals surface area contributed by atoms with Crippen molar-refractivity contribution in [1.82, 2.24) is 9.88 Å². The van der Waals surface area contributed by atoms with Crippen LogP contribution >= 0.6 is 0 Å². The molecule has 1 saturated heterocycles. The summed E-state index contributed by atoms with van der Waals surface area (Å²) in [6, 6.07) is 4.20. The molecule has 1 aliphatic heterocycles. The Labute approximate surface area is 116 Å². The van der Waals surface area contributed by atoms with Crippen molar-refractivity contribution < 1.29 is 0 Å². The molecule has 0 aliphatic carbocycles. The van der Waals surface area contributed by atoms with Gasteiger partial charge in [-0.15, -0.1) is 0 Å². The Balaban J connectivity index is 1.90. The normalized spacial score (nSPS) is 18.9. The van der Waals surface area contributed by atoms with Crippen LogP contribution in [0.15, 0.2) is 18.3 Å². The Kier molecular flexibility index (Phi) is 4.77. The number of hydrogen-bond acceptors (Lipinski definition) is 4. The van der Waals surface area contributed by atoms with Crippen molar-refractivity contribution in [3.05, 3.63) is 24.0 Å². The van der Waals surface area contributed by atoms with E-state index < -0.39 is 0 Å². The lowest BCUT2D eigenvalue weighted by Crippen LogP contribution is -2.47. The molecule has 0 saturated carbocycles. The fraction of sp³-hybridized carbons (Fsp3) is 0.667. The average Bonchev–Trinajstić information content (AvgIpc) is 2.39. The Hall–Kier alpha value is -1.13. The summed E-state index contributed by atoms with van der Waals surface area (Å²) >= 11 is 0. The molecule has 2 N–H and O–H groups in total. The van der Waals surface area contributed by atoms with E-state index in [1.165, 1.54) is 12.2 Å². The molecule has 1 aromatic rings. The lowest BCUT2D eigenvalue weighted by molar-refractivity contribution is 0.231. The smallest absolute Gasteiger partial charge is 0.0569 e. The van der Waals surface area contributed by atoms with Crippen molar-refractivity contribution >= 4 is 5.69 Å². The molecule has 106 valence electrons. The highest BCUT2D eigenvalue weighted by atomic mass is 15.3. The molecule has 1 fully saturated rings. The van der Waals surface area contributed by atoms with E-state index in [1.54, 1.807) is 0 Å². The van der Waals surface area contributed by atoms with Crippen LogP contribution in [0.25, 0.3) is 0 Å². The third-order valence-electron chi connectivity index (χ3n) is 3.60. The van der Waals surface area contributed by atoms with Crippen molar-refractivity contribution in [3.63, 3.8) is 0 Å². The largest absolute Gasteiger partial charge is 0.368 e. The molecule has 1 aromatic heterocycles. The highest BCUT2D eigenvalue weighted by Gasteiger charge is 2.17. The molecule has 4 heteroatoms. The summed E-state index contributed by atoms with van der Waals surface area (Å²) in [5.41, 5.74) is 8.00. The molecule has 0 amide bonds. The molecule has 19 heavy (non-hydrogen) atoms. The Bertz CT molecular complexity index is 378. The van der Waals surface area contributed by atoms with E-state index >= 15 is 0 Å². The van der Waals surface area contributed by atoms with Gasteiger partial charge in [-0.25, -0.2) is 0 Å². The molecule has 0 spiro atoms. The number of piperazine rings is 1. The maximum absolute atomic E-state index is 5.82. The molecule has 2 rings (SSSR count). The first-order valence-corrected chi connectivity index (χ1v) is 7.25. The molecule has 1 atom stereocenters. The number of hydrogen-bond donors (Lipinski definition) is 1. The van der Waals surface area contributed by atoms with E-state index in [-0.39, 0.29) is 6.04 Å². The van der Waals surface area contributed by atoms with Gasteiger partial charge in [-0.05, 0) is 25.0 Å². The topological polar surface area (TPSA) is 45.4 Å². The summed E-state index contributed by atoms with van der Waals surface area (Å²) in [7, 11) is 0. The van der Waals surface area contributed by atoms with E-state index in [1.807, 2.05) is 19.2 Å². The van der Waals surface area contributed by atoms with Gasteiger partial charge in [0.1, 0.15) is 0 Å². The van der Waals surface area contributed by atoms with Crippen molar-refractivity contribution in [3.8, 4) is 0 Å². The first-order chi connectivity index (χ1) is 9.06. The maximum atomic E-state index is 5.82. The van der Waals surface area contributed by atoms with E-state index in [9.17, 15) is 0 Å². The minimum atomic E-state index is 0.0111. The highest BCUT2D eigenvalue weighted by Crippen LogP contribution is 2.17. The van der Waals surface area contributed by atoms with Gasteiger partial charge in [-0.3, -0.25) is 9.88 Å². The van der Waals surface area contributed by atoms with E-state index in [4.69, 9.17) is 5.73 Å². The van der Waals surface area contributed by atoms with Gasteiger partial charge < -0.3 is 10.6 Å². The first kappa shape index (κ1) is 14.3. The summed E-state index contributed by atoms with van der Waals surface area (Å²) in [5, 5.41) is 0. The number of nitrogens with zero attached hydrogens (tertiary/aromatic N) is 3. The SMILES string of the molecule is CC(C)CN1CCN(c2ccc([C@@H](C)N)nc2)CC1. The predicted molar refractivity (Wildman–Crippen MR) is 80.3 cm³/mol. The minimum absolute atomic E-state index is 0.0111. The lowest BCUT2D eigenvalue weighted by atomic mass is 10.2. The molecule has 0 bridgehead atoms. The second-order valence-corrected chi connectivity index (χ2v) is 5.91. The predicted octanol–water partition coefficient (Wildman–Crippen LogP) is 1.88. The minimum Gasteiger partial charge on any atom is -0.368 e. The van der Waals surface area contributed by atoms with Crippen molar-refractivity contribution in [2.24, 2.45) is 11.7 Å². The number of rotatable bonds is 4. The fourth-order valence-corrected chi connectivity index (χ4v) is 2.56. The van der Waals surface area contributed by atoms with Crippen LogP contribution in [0.4, 0.5) is 5.69 Å². The van der Waals surface area contributed by atoms with Gasteiger partial charge in [0.2, 0.25) is 0 Å². The highest BCUT2D eigenvalue weighted by molar-refractivity contribution is 5.45. The third kappa shape index (κ3) is 3.91. The standard InChI is InChI=1S/C15H26N4/c1-12(2)11-18-6-8-19(9-7-18)14-4-5-15(13(3)16)17-10-14/h4-5,10,12-13H,6-9,11,16H2,1-3H3/t13-/m1/s1. The lowest BCUT2D eigenvalue weighted by Gasteiger charge is -2.36. The van der Waals surface area contributed by atoms with Crippen LogP contribution in [-0.2, 0) is 0 Å². The van der Waals surface area contributed by atoms with Crippen LogP contribution in [0.3, 0.4) is 0 Å². The van der Waals surface area contributed by atoms with E-state index in [0.717, 1.165) is 37.8 Å². The van der Waals surface area contributed by atoms with Gasteiger partial charge in [-0.1, -0.05) is 13.8 Å². The van der Waals surface area contributed by atoms with Crippen LogP contribution in [0.2, 0.25) is 0 Å². The number of nitrogens with two attached hydrogens (primary N) is 1. The van der Waals surface area contributed by atoms with Crippen molar-refractivity contribution in [1.29, 1.82) is 0 Å². The number of aromatic nitrogens is 1. The summed E-state index contributed by atoms with van der Waals surface area (Å²) in [6.07, 6.45) is 1.96. The van der Waals surface area contributed by atoms with Crippen LogP contribution in [0.1, 0.15) is 32.5 Å². The van der Waals surface area contributed by atoms with Gasteiger partial charge in [0.15, 0.2) is 0 Å². The molecule has 2 heterocycles. The van der Waals surface area contributed by atoms with Gasteiger partial charge in [0, 0.05) is 38.8 Å². The zero-order chi connectivity index (χ0) is 13.8. The van der Waals surface area contributed by atoms with Gasteiger partial charge in [0.25, 0.3) is 0 Å². The molecular formula is C15H26N4. The van der Waals surface area contributed by atoms with E-state index in [0.29, 0.717) is 0 Å². The van der Waals surface area contributed by atoms with Crippen molar-refractivity contribution in [2.75, 3.05) is 37.6 Å². The zero-order valence-corrected chi connectivity index (χ0v) is 12.3. The summed E-state index contributed by atoms with van der Waals surface area (Å²) in [6.45, 7) is 12.2. The van der Waals surface area contributed by atoms with Crippen LogP contribution in [0.5, 0.6) is 0 Å². The Morgan fingerprint density at radius 2 is 1.84 bits per heavy atom. The van der Waals surface area contributed by atoms with Crippen LogP contribution in [-0.4, -0.2) is 42.6 Å².